The zero-order valence-electron chi connectivity index (χ0n) is 18.2. The van der Waals surface area contributed by atoms with E-state index in [9.17, 15) is 14.9 Å². The zero-order chi connectivity index (χ0) is 23.1. The van der Waals surface area contributed by atoms with Crippen molar-refractivity contribution in [3.63, 3.8) is 0 Å². The fourth-order valence-electron chi connectivity index (χ4n) is 4.80. The second-order valence-corrected chi connectivity index (χ2v) is 9.12. The monoisotopic (exact) mass is 462 g/mol. The first-order valence-electron chi connectivity index (χ1n) is 10.6. The summed E-state index contributed by atoms with van der Waals surface area (Å²) in [4.78, 5) is 25.5. The molecule has 2 aliphatic rings. The quantitative estimate of drug-likeness (QED) is 0.390. The molecule has 0 saturated carbocycles. The lowest BCUT2D eigenvalue weighted by atomic mass is 9.73. The SMILES string of the molecule is COc1cc2c(cc1OC)[C@H](c1ccc([N+](=O)[O-])cc1)C1=C(C[C@H](c3cccs3)CC1=O)N2. The summed E-state index contributed by atoms with van der Waals surface area (Å²) in [7, 11) is 3.16. The number of ketones is 1. The van der Waals surface area contributed by atoms with Crippen LogP contribution in [0.3, 0.4) is 0 Å². The van der Waals surface area contributed by atoms with Crippen LogP contribution in [0.4, 0.5) is 11.4 Å². The van der Waals surface area contributed by atoms with E-state index in [1.54, 1.807) is 37.7 Å². The molecule has 8 heteroatoms. The van der Waals surface area contributed by atoms with E-state index in [-0.39, 0.29) is 23.3 Å². The highest BCUT2D eigenvalue weighted by atomic mass is 32.1. The Kier molecular flexibility index (Phi) is 5.38. The van der Waals surface area contributed by atoms with Gasteiger partial charge in [0.05, 0.1) is 19.1 Å². The largest absolute Gasteiger partial charge is 0.493 e. The van der Waals surface area contributed by atoms with Crippen LogP contribution >= 0.6 is 11.3 Å². The van der Waals surface area contributed by atoms with Crippen molar-refractivity contribution >= 4 is 28.5 Å². The molecule has 1 aliphatic carbocycles. The van der Waals surface area contributed by atoms with Gasteiger partial charge >= 0.3 is 0 Å². The number of fused-ring (bicyclic) bond motifs is 1. The number of carbonyl (C=O) groups is 1. The number of benzene rings is 2. The molecule has 7 nitrogen and oxygen atoms in total. The number of anilines is 1. The van der Waals surface area contributed by atoms with Crippen LogP contribution < -0.4 is 14.8 Å². The molecule has 2 aromatic carbocycles. The number of nitro benzene ring substituents is 1. The number of nitrogens with zero attached hydrogens (tertiary/aromatic N) is 1. The van der Waals surface area contributed by atoms with Crippen molar-refractivity contribution < 1.29 is 19.2 Å². The van der Waals surface area contributed by atoms with Gasteiger partial charge in [0, 0.05) is 58.3 Å². The van der Waals surface area contributed by atoms with Gasteiger partial charge < -0.3 is 14.8 Å². The molecule has 168 valence electrons. The van der Waals surface area contributed by atoms with Gasteiger partial charge in [0.25, 0.3) is 5.69 Å². The van der Waals surface area contributed by atoms with Crippen molar-refractivity contribution in [3.8, 4) is 11.5 Å². The van der Waals surface area contributed by atoms with Crippen LogP contribution in [0.2, 0.25) is 0 Å². The minimum absolute atomic E-state index is 0.0159. The molecule has 33 heavy (non-hydrogen) atoms. The molecule has 1 aliphatic heterocycles. The summed E-state index contributed by atoms with van der Waals surface area (Å²) in [5, 5.41) is 16.7. The van der Waals surface area contributed by atoms with E-state index in [1.807, 2.05) is 23.6 Å². The maximum Gasteiger partial charge on any atom is 0.269 e. The molecule has 0 amide bonds. The van der Waals surface area contributed by atoms with Crippen LogP contribution in [0.1, 0.15) is 40.7 Å². The number of nitro groups is 1. The molecule has 1 N–H and O–H groups in total. The maximum absolute atomic E-state index is 13.5. The van der Waals surface area contributed by atoms with E-state index in [1.165, 1.54) is 17.0 Å². The average Bonchev–Trinajstić information content (AvgIpc) is 3.37. The van der Waals surface area contributed by atoms with Gasteiger partial charge in [0.1, 0.15) is 0 Å². The van der Waals surface area contributed by atoms with Crippen LogP contribution in [-0.2, 0) is 4.79 Å². The van der Waals surface area contributed by atoms with Crippen molar-refractivity contribution in [3.05, 3.63) is 91.3 Å². The van der Waals surface area contributed by atoms with Crippen molar-refractivity contribution in [2.24, 2.45) is 0 Å². The number of rotatable bonds is 5. The topological polar surface area (TPSA) is 90.7 Å². The third-order valence-electron chi connectivity index (χ3n) is 6.33. The summed E-state index contributed by atoms with van der Waals surface area (Å²) in [5.74, 6) is 1.02. The third-order valence-corrected chi connectivity index (χ3v) is 7.37. The molecule has 3 aromatic rings. The molecule has 0 unspecified atom stereocenters. The normalized spacial score (nSPS) is 19.4. The molecule has 0 fully saturated rings. The number of hydrogen-bond acceptors (Lipinski definition) is 7. The maximum atomic E-state index is 13.5. The Morgan fingerprint density at radius 3 is 2.42 bits per heavy atom. The number of hydrogen-bond donors (Lipinski definition) is 1. The number of methoxy groups -OCH3 is 2. The van der Waals surface area contributed by atoms with Crippen LogP contribution in [-0.4, -0.2) is 24.9 Å². The van der Waals surface area contributed by atoms with Crippen LogP contribution in [0.5, 0.6) is 11.5 Å². The summed E-state index contributed by atoms with van der Waals surface area (Å²) >= 11 is 1.67. The fraction of sp³-hybridized carbons (Fsp3) is 0.240. The highest BCUT2D eigenvalue weighted by molar-refractivity contribution is 7.10. The second kappa shape index (κ2) is 8.37. The summed E-state index contributed by atoms with van der Waals surface area (Å²) < 4.78 is 11.0. The minimum Gasteiger partial charge on any atom is -0.493 e. The Hall–Kier alpha value is -3.65. The highest BCUT2D eigenvalue weighted by Crippen LogP contribution is 2.50. The first-order chi connectivity index (χ1) is 16.0. The van der Waals surface area contributed by atoms with E-state index < -0.39 is 4.92 Å². The van der Waals surface area contributed by atoms with Crippen molar-refractivity contribution in [1.82, 2.24) is 0 Å². The van der Waals surface area contributed by atoms with Crippen LogP contribution in [0.25, 0.3) is 0 Å². The van der Waals surface area contributed by atoms with E-state index in [2.05, 4.69) is 11.4 Å². The fourth-order valence-corrected chi connectivity index (χ4v) is 5.63. The molecular weight excluding hydrogens is 440 g/mol. The molecule has 0 bridgehead atoms. The molecule has 1 aromatic heterocycles. The molecular formula is C25H22N2O5S. The lowest BCUT2D eigenvalue weighted by Gasteiger charge is -2.36. The number of nitrogens with one attached hydrogen (secondary N) is 1. The number of carbonyl (C=O) groups excluding carboxylic acids is 1. The molecule has 0 saturated heterocycles. The molecule has 2 atom stereocenters. The Morgan fingerprint density at radius 1 is 1.06 bits per heavy atom. The van der Waals surface area contributed by atoms with Gasteiger partial charge in [-0.1, -0.05) is 18.2 Å². The highest BCUT2D eigenvalue weighted by Gasteiger charge is 2.39. The number of ether oxygens (including phenoxy) is 2. The van der Waals surface area contributed by atoms with Gasteiger partial charge in [-0.25, -0.2) is 0 Å². The third kappa shape index (κ3) is 3.66. The van der Waals surface area contributed by atoms with Crippen LogP contribution in [0.15, 0.2) is 65.2 Å². The number of Topliss-reactive ketones (excluding diaryl/α,β-unsaturated/α-hetero) is 1. The first-order valence-corrected chi connectivity index (χ1v) is 11.4. The summed E-state index contributed by atoms with van der Waals surface area (Å²) in [6.07, 6.45) is 1.16. The second-order valence-electron chi connectivity index (χ2n) is 8.14. The molecule has 0 spiro atoms. The average molecular weight is 463 g/mol. The van der Waals surface area contributed by atoms with Crippen molar-refractivity contribution in [2.75, 3.05) is 19.5 Å². The standard InChI is InChI=1S/C25H22N2O5S/c1-31-21-12-17-18(13-22(21)32-2)26-19-10-15(23-4-3-9-33-23)11-20(28)25(19)24(17)14-5-7-16(8-6-14)27(29)30/h3-9,12-13,15,24,26H,10-11H2,1-2H3/t15-,24-/m0/s1. The minimum atomic E-state index is -0.421. The number of allylic oxidation sites excluding steroid dienone is 2. The predicted octanol–water partition coefficient (Wildman–Crippen LogP) is 5.63. The summed E-state index contributed by atoms with van der Waals surface area (Å²) in [6, 6.07) is 14.3. The van der Waals surface area contributed by atoms with E-state index in [0.29, 0.717) is 17.9 Å². The van der Waals surface area contributed by atoms with Gasteiger partial charge in [-0.05, 0) is 35.1 Å². The Labute approximate surface area is 194 Å². The van der Waals surface area contributed by atoms with E-state index in [0.717, 1.165) is 34.5 Å². The molecule has 2 heterocycles. The first kappa shape index (κ1) is 21.2. The Balaban J connectivity index is 1.66. The Bertz CT molecular complexity index is 1260. The van der Waals surface area contributed by atoms with Gasteiger partial charge in [-0.15, -0.1) is 11.3 Å². The van der Waals surface area contributed by atoms with Crippen molar-refractivity contribution in [1.29, 1.82) is 0 Å². The van der Waals surface area contributed by atoms with Crippen molar-refractivity contribution in [2.45, 2.75) is 24.7 Å². The zero-order valence-corrected chi connectivity index (χ0v) is 19.0. The Morgan fingerprint density at radius 2 is 1.79 bits per heavy atom. The molecule has 0 radical (unpaired) electrons. The predicted molar refractivity (Wildman–Crippen MR) is 126 cm³/mol. The number of non-ortho nitro benzene ring substituents is 1. The van der Waals surface area contributed by atoms with E-state index in [4.69, 9.17) is 9.47 Å². The van der Waals surface area contributed by atoms with Gasteiger partial charge in [0.2, 0.25) is 0 Å². The van der Waals surface area contributed by atoms with Gasteiger partial charge in [0.15, 0.2) is 17.3 Å². The van der Waals surface area contributed by atoms with Gasteiger partial charge in [-0.3, -0.25) is 14.9 Å². The lowest BCUT2D eigenvalue weighted by Crippen LogP contribution is -2.29. The number of thiophene rings is 1. The van der Waals surface area contributed by atoms with Crippen LogP contribution in [0, 0.1) is 10.1 Å². The van der Waals surface area contributed by atoms with Gasteiger partial charge in [-0.2, -0.15) is 0 Å². The molecule has 5 rings (SSSR count). The lowest BCUT2D eigenvalue weighted by molar-refractivity contribution is -0.384. The summed E-state index contributed by atoms with van der Waals surface area (Å²) in [6.45, 7) is 0. The summed E-state index contributed by atoms with van der Waals surface area (Å²) in [5.41, 5.74) is 4.18. The van der Waals surface area contributed by atoms with E-state index >= 15 is 0 Å². The smallest absolute Gasteiger partial charge is 0.269 e.